The molecule has 0 bridgehead atoms. The Morgan fingerprint density at radius 3 is 2.60 bits per heavy atom. The number of rotatable bonds is 5. The predicted octanol–water partition coefficient (Wildman–Crippen LogP) is 2.14. The fraction of sp³-hybridized carbons (Fsp3) is 0.278. The summed E-state index contributed by atoms with van der Waals surface area (Å²) in [6.45, 7) is 3.69. The van der Waals surface area contributed by atoms with Crippen LogP contribution in [0.5, 0.6) is 0 Å². The molecule has 130 valence electrons. The van der Waals surface area contributed by atoms with E-state index < -0.39 is 17.5 Å². The monoisotopic (exact) mass is 357 g/mol. The van der Waals surface area contributed by atoms with Gasteiger partial charge in [0, 0.05) is 4.88 Å². The van der Waals surface area contributed by atoms with E-state index in [4.69, 9.17) is 0 Å². The highest BCUT2D eigenvalue weighted by Crippen LogP contribution is 2.28. The van der Waals surface area contributed by atoms with Crippen molar-refractivity contribution >= 4 is 29.2 Å². The number of nitrogens with one attached hydrogen (secondary N) is 2. The maximum atomic E-state index is 12.8. The average Bonchev–Trinajstić information content (AvgIpc) is 3.17. The molecule has 1 atom stereocenters. The van der Waals surface area contributed by atoms with E-state index in [0.717, 1.165) is 15.3 Å². The number of benzene rings is 1. The minimum absolute atomic E-state index is 0.294. The number of aryl methyl sites for hydroxylation is 1. The lowest BCUT2D eigenvalue weighted by molar-refractivity contribution is -0.134. The van der Waals surface area contributed by atoms with Gasteiger partial charge in [0.15, 0.2) is 0 Å². The summed E-state index contributed by atoms with van der Waals surface area (Å²) in [6, 6.07) is 10.7. The summed E-state index contributed by atoms with van der Waals surface area (Å²) in [7, 11) is 0. The van der Waals surface area contributed by atoms with Gasteiger partial charge in [-0.15, -0.1) is 11.3 Å². The summed E-state index contributed by atoms with van der Waals surface area (Å²) in [5, 5.41) is 7.35. The zero-order valence-corrected chi connectivity index (χ0v) is 14.9. The first-order chi connectivity index (χ1) is 11.9. The van der Waals surface area contributed by atoms with Gasteiger partial charge in [0.05, 0.1) is 6.54 Å². The van der Waals surface area contributed by atoms with E-state index >= 15 is 0 Å². The van der Waals surface area contributed by atoms with Crippen LogP contribution < -0.4 is 10.6 Å². The summed E-state index contributed by atoms with van der Waals surface area (Å²) in [6.07, 6.45) is 0. The molecule has 2 N–H and O–H groups in total. The normalized spacial score (nSPS) is 19.8. The molecule has 4 amide bonds. The number of amides is 4. The number of thiophene rings is 1. The molecule has 6 nitrogen and oxygen atoms in total. The second-order valence-electron chi connectivity index (χ2n) is 6.17. The predicted molar refractivity (Wildman–Crippen MR) is 94.9 cm³/mol. The summed E-state index contributed by atoms with van der Waals surface area (Å²) >= 11 is 1.53. The van der Waals surface area contributed by atoms with Crippen LogP contribution in [0.15, 0.2) is 41.8 Å². The number of carbonyl (C=O) groups excluding carboxylic acids is 3. The van der Waals surface area contributed by atoms with Crippen LogP contribution >= 0.6 is 11.3 Å². The van der Waals surface area contributed by atoms with E-state index in [2.05, 4.69) is 10.6 Å². The molecule has 0 spiro atoms. The second-order valence-corrected chi connectivity index (χ2v) is 7.20. The fourth-order valence-corrected chi connectivity index (χ4v) is 3.37. The molecule has 0 saturated carbocycles. The highest BCUT2D eigenvalue weighted by atomic mass is 32.1. The lowest BCUT2D eigenvalue weighted by Crippen LogP contribution is -2.43. The van der Waals surface area contributed by atoms with E-state index in [0.29, 0.717) is 12.1 Å². The highest BCUT2D eigenvalue weighted by Gasteiger charge is 2.49. The van der Waals surface area contributed by atoms with Gasteiger partial charge in [0.1, 0.15) is 12.1 Å². The molecule has 0 radical (unpaired) electrons. The Morgan fingerprint density at radius 1 is 1.24 bits per heavy atom. The zero-order valence-electron chi connectivity index (χ0n) is 14.0. The Balaban J connectivity index is 1.68. The lowest BCUT2D eigenvalue weighted by atomic mass is 9.91. The van der Waals surface area contributed by atoms with Gasteiger partial charge in [-0.25, -0.2) is 4.79 Å². The SMILES string of the molecule is Cc1ccc([C@]2(C)NC(=O)N(CC(=O)NCc3cccs3)C2=O)cc1. The third-order valence-corrected chi connectivity index (χ3v) is 5.12. The van der Waals surface area contributed by atoms with E-state index in [1.165, 1.54) is 11.3 Å². The van der Waals surface area contributed by atoms with Crippen molar-refractivity contribution in [2.45, 2.75) is 25.9 Å². The summed E-state index contributed by atoms with van der Waals surface area (Å²) in [5.74, 6) is -0.794. The Labute approximate surface area is 149 Å². The van der Waals surface area contributed by atoms with Crippen molar-refractivity contribution in [1.82, 2.24) is 15.5 Å². The van der Waals surface area contributed by atoms with Crippen molar-refractivity contribution in [2.75, 3.05) is 6.54 Å². The Kier molecular flexibility index (Phi) is 4.59. The molecule has 1 fully saturated rings. The van der Waals surface area contributed by atoms with Gasteiger partial charge < -0.3 is 10.6 Å². The van der Waals surface area contributed by atoms with Crippen molar-refractivity contribution in [3.8, 4) is 0 Å². The molecule has 25 heavy (non-hydrogen) atoms. The molecule has 2 aromatic rings. The number of urea groups is 1. The first-order valence-corrected chi connectivity index (χ1v) is 8.78. The van der Waals surface area contributed by atoms with Crippen molar-refractivity contribution in [2.24, 2.45) is 0 Å². The van der Waals surface area contributed by atoms with Crippen molar-refractivity contribution < 1.29 is 14.4 Å². The van der Waals surface area contributed by atoms with Crippen molar-refractivity contribution in [3.05, 3.63) is 57.8 Å². The van der Waals surface area contributed by atoms with Crippen molar-refractivity contribution in [1.29, 1.82) is 0 Å². The maximum Gasteiger partial charge on any atom is 0.325 e. The summed E-state index contributed by atoms with van der Waals surface area (Å²) in [5.41, 5.74) is 0.602. The van der Waals surface area contributed by atoms with Gasteiger partial charge in [-0.05, 0) is 30.9 Å². The summed E-state index contributed by atoms with van der Waals surface area (Å²) in [4.78, 5) is 39.0. The number of carbonyl (C=O) groups is 3. The smallest absolute Gasteiger partial charge is 0.325 e. The van der Waals surface area contributed by atoms with Crippen LogP contribution in [0.3, 0.4) is 0 Å². The Morgan fingerprint density at radius 2 is 1.96 bits per heavy atom. The maximum absolute atomic E-state index is 12.8. The van der Waals surface area contributed by atoms with Crippen LogP contribution in [-0.4, -0.2) is 29.3 Å². The number of nitrogens with zero attached hydrogens (tertiary/aromatic N) is 1. The van der Waals surface area contributed by atoms with Gasteiger partial charge in [0.2, 0.25) is 5.91 Å². The quantitative estimate of drug-likeness (QED) is 0.805. The van der Waals surface area contributed by atoms with E-state index in [1.807, 2.05) is 48.7 Å². The van der Waals surface area contributed by atoms with E-state index in [-0.39, 0.29) is 12.5 Å². The average molecular weight is 357 g/mol. The van der Waals surface area contributed by atoms with Crippen LogP contribution in [-0.2, 0) is 21.7 Å². The van der Waals surface area contributed by atoms with Gasteiger partial charge >= 0.3 is 6.03 Å². The van der Waals surface area contributed by atoms with Crippen LogP contribution in [0.2, 0.25) is 0 Å². The van der Waals surface area contributed by atoms with Gasteiger partial charge in [-0.2, -0.15) is 0 Å². The highest BCUT2D eigenvalue weighted by molar-refractivity contribution is 7.09. The van der Waals surface area contributed by atoms with Crippen molar-refractivity contribution in [3.63, 3.8) is 0 Å². The van der Waals surface area contributed by atoms with E-state index in [1.54, 1.807) is 6.92 Å². The number of imide groups is 1. The van der Waals surface area contributed by atoms with Crippen LogP contribution in [0.25, 0.3) is 0 Å². The third kappa shape index (κ3) is 3.41. The molecule has 1 aliphatic heterocycles. The number of hydrogen-bond acceptors (Lipinski definition) is 4. The minimum atomic E-state index is -1.15. The fourth-order valence-electron chi connectivity index (χ4n) is 2.72. The molecule has 3 rings (SSSR count). The first-order valence-electron chi connectivity index (χ1n) is 7.90. The molecule has 1 saturated heterocycles. The molecule has 0 unspecified atom stereocenters. The lowest BCUT2D eigenvalue weighted by Gasteiger charge is -2.22. The van der Waals surface area contributed by atoms with Crippen LogP contribution in [0.4, 0.5) is 4.79 Å². The standard InChI is InChI=1S/C18H19N3O3S/c1-12-5-7-13(8-6-12)18(2)16(23)21(17(24)20-18)11-15(22)19-10-14-4-3-9-25-14/h3-9H,10-11H2,1-2H3,(H,19,22)(H,20,24)/t18-/m0/s1. The topological polar surface area (TPSA) is 78.5 Å². The molecule has 2 heterocycles. The molecule has 1 aliphatic rings. The van der Waals surface area contributed by atoms with Crippen LogP contribution in [0.1, 0.15) is 22.9 Å². The number of hydrogen-bond donors (Lipinski definition) is 2. The zero-order chi connectivity index (χ0) is 18.0. The molecule has 0 aliphatic carbocycles. The minimum Gasteiger partial charge on any atom is -0.350 e. The molecular weight excluding hydrogens is 338 g/mol. The largest absolute Gasteiger partial charge is 0.350 e. The van der Waals surface area contributed by atoms with Crippen LogP contribution in [0, 0.1) is 6.92 Å². The molecular formula is C18H19N3O3S. The third-order valence-electron chi connectivity index (χ3n) is 4.25. The Hall–Kier alpha value is -2.67. The van der Waals surface area contributed by atoms with Gasteiger partial charge in [0.25, 0.3) is 5.91 Å². The summed E-state index contributed by atoms with van der Waals surface area (Å²) < 4.78 is 0. The second kappa shape index (κ2) is 6.68. The molecule has 7 heteroatoms. The molecule has 1 aromatic carbocycles. The Bertz CT molecular complexity index is 801. The van der Waals surface area contributed by atoms with E-state index in [9.17, 15) is 14.4 Å². The molecule has 1 aromatic heterocycles. The van der Waals surface area contributed by atoms with Gasteiger partial charge in [-0.1, -0.05) is 35.9 Å². The first kappa shape index (κ1) is 17.2. The van der Waals surface area contributed by atoms with Gasteiger partial charge in [-0.3, -0.25) is 14.5 Å².